The third-order valence-electron chi connectivity index (χ3n) is 4.63. The second-order valence-electron chi connectivity index (χ2n) is 6.57. The number of nitrogens with zero attached hydrogens (tertiary/aromatic N) is 1. The SMILES string of the molecule is CCCCCNC(=O)C1CCN(C(=O)Cc2ccc(N)cc2)CC1.Cl. The van der Waals surface area contributed by atoms with Crippen LogP contribution in [0.2, 0.25) is 0 Å². The van der Waals surface area contributed by atoms with Gasteiger partial charge in [-0.2, -0.15) is 0 Å². The summed E-state index contributed by atoms with van der Waals surface area (Å²) >= 11 is 0. The van der Waals surface area contributed by atoms with E-state index in [1.54, 1.807) is 0 Å². The van der Waals surface area contributed by atoms with Crippen molar-refractivity contribution < 1.29 is 9.59 Å². The van der Waals surface area contributed by atoms with Crippen LogP contribution in [0.3, 0.4) is 0 Å². The van der Waals surface area contributed by atoms with E-state index in [0.29, 0.717) is 25.2 Å². The third kappa shape index (κ3) is 6.94. The van der Waals surface area contributed by atoms with Crippen LogP contribution in [0.5, 0.6) is 0 Å². The predicted octanol–water partition coefficient (Wildman–Crippen LogP) is 2.78. The van der Waals surface area contributed by atoms with E-state index in [4.69, 9.17) is 5.73 Å². The van der Waals surface area contributed by atoms with E-state index in [9.17, 15) is 9.59 Å². The fraction of sp³-hybridized carbons (Fsp3) is 0.579. The molecule has 1 aliphatic heterocycles. The Kier molecular flexibility index (Phi) is 9.35. The number of anilines is 1. The zero-order chi connectivity index (χ0) is 17.4. The number of halogens is 1. The van der Waals surface area contributed by atoms with Gasteiger partial charge in [0.15, 0.2) is 0 Å². The number of nitrogens with one attached hydrogen (secondary N) is 1. The minimum atomic E-state index is 0. The molecule has 1 fully saturated rings. The predicted molar refractivity (Wildman–Crippen MR) is 104 cm³/mol. The first-order valence-corrected chi connectivity index (χ1v) is 9.00. The second kappa shape index (κ2) is 11.0. The standard InChI is InChI=1S/C19H29N3O2.ClH/c1-2-3-4-11-21-19(24)16-9-12-22(13-10-16)18(23)14-15-5-7-17(20)8-6-15;/h5-8,16H,2-4,9-14,20H2,1H3,(H,21,24);1H. The van der Waals surface area contributed by atoms with Gasteiger partial charge in [-0.3, -0.25) is 9.59 Å². The molecule has 5 nitrogen and oxygen atoms in total. The number of carbonyl (C=O) groups is 2. The van der Waals surface area contributed by atoms with Gasteiger partial charge < -0.3 is 16.0 Å². The molecule has 2 amide bonds. The Hall–Kier alpha value is -1.75. The van der Waals surface area contributed by atoms with Crippen molar-refractivity contribution in [1.82, 2.24) is 10.2 Å². The van der Waals surface area contributed by atoms with E-state index >= 15 is 0 Å². The van der Waals surface area contributed by atoms with Crippen molar-refractivity contribution in [1.29, 1.82) is 0 Å². The van der Waals surface area contributed by atoms with Crippen molar-refractivity contribution >= 4 is 29.9 Å². The molecule has 140 valence electrons. The molecule has 0 aliphatic carbocycles. The van der Waals surface area contributed by atoms with Crippen molar-refractivity contribution in [3.63, 3.8) is 0 Å². The van der Waals surface area contributed by atoms with E-state index in [-0.39, 0.29) is 30.1 Å². The lowest BCUT2D eigenvalue weighted by atomic mass is 9.95. The molecule has 3 N–H and O–H groups in total. The highest BCUT2D eigenvalue weighted by atomic mass is 35.5. The number of benzene rings is 1. The first-order chi connectivity index (χ1) is 11.6. The van der Waals surface area contributed by atoms with Crippen LogP contribution in [0.4, 0.5) is 5.69 Å². The van der Waals surface area contributed by atoms with E-state index in [2.05, 4.69) is 12.2 Å². The molecule has 1 aromatic carbocycles. The number of nitrogen functional groups attached to an aromatic ring is 1. The summed E-state index contributed by atoms with van der Waals surface area (Å²) in [5, 5.41) is 3.02. The lowest BCUT2D eigenvalue weighted by molar-refractivity contribution is -0.135. The van der Waals surface area contributed by atoms with Crippen LogP contribution in [0, 0.1) is 5.92 Å². The van der Waals surface area contributed by atoms with Crippen LogP contribution >= 0.6 is 12.4 Å². The Bertz CT molecular complexity index is 540. The number of carbonyl (C=O) groups excluding carboxylic acids is 2. The van der Waals surface area contributed by atoms with Gasteiger partial charge in [-0.25, -0.2) is 0 Å². The molecule has 2 rings (SSSR count). The summed E-state index contributed by atoms with van der Waals surface area (Å²) in [5.74, 6) is 0.325. The summed E-state index contributed by atoms with van der Waals surface area (Å²) in [6.07, 6.45) is 5.26. The van der Waals surface area contributed by atoms with Crippen LogP contribution in [-0.4, -0.2) is 36.3 Å². The fourth-order valence-corrected chi connectivity index (χ4v) is 3.04. The van der Waals surface area contributed by atoms with Crippen LogP contribution in [0.25, 0.3) is 0 Å². The lowest BCUT2D eigenvalue weighted by Crippen LogP contribution is -2.43. The minimum Gasteiger partial charge on any atom is -0.399 e. The number of piperidine rings is 1. The number of rotatable bonds is 7. The maximum Gasteiger partial charge on any atom is 0.226 e. The lowest BCUT2D eigenvalue weighted by Gasteiger charge is -2.31. The molecule has 0 atom stereocenters. The molecule has 1 heterocycles. The van der Waals surface area contributed by atoms with Gasteiger partial charge in [0.2, 0.25) is 11.8 Å². The first kappa shape index (κ1) is 21.3. The maximum absolute atomic E-state index is 12.4. The van der Waals surface area contributed by atoms with Gasteiger partial charge in [-0.15, -0.1) is 12.4 Å². The molecule has 0 bridgehead atoms. The summed E-state index contributed by atoms with van der Waals surface area (Å²) in [5.41, 5.74) is 7.34. The summed E-state index contributed by atoms with van der Waals surface area (Å²) in [4.78, 5) is 26.4. The van der Waals surface area contributed by atoms with Crippen molar-refractivity contribution in [3.8, 4) is 0 Å². The molecule has 0 saturated carbocycles. The highest BCUT2D eigenvalue weighted by Crippen LogP contribution is 2.18. The zero-order valence-electron chi connectivity index (χ0n) is 15.0. The normalized spacial score (nSPS) is 14.7. The summed E-state index contributed by atoms with van der Waals surface area (Å²) in [6.45, 7) is 4.25. The van der Waals surface area contributed by atoms with Gasteiger partial charge in [0.25, 0.3) is 0 Å². The second-order valence-corrected chi connectivity index (χ2v) is 6.57. The number of unbranched alkanes of at least 4 members (excludes halogenated alkanes) is 2. The quantitative estimate of drug-likeness (QED) is 0.574. The van der Waals surface area contributed by atoms with Crippen molar-refractivity contribution in [2.24, 2.45) is 5.92 Å². The number of hydrogen-bond donors (Lipinski definition) is 2. The molecular weight excluding hydrogens is 338 g/mol. The van der Waals surface area contributed by atoms with Gasteiger partial charge >= 0.3 is 0 Å². The Balaban J connectivity index is 0.00000312. The minimum absolute atomic E-state index is 0. The largest absolute Gasteiger partial charge is 0.399 e. The molecule has 0 unspecified atom stereocenters. The summed E-state index contributed by atoms with van der Waals surface area (Å²) < 4.78 is 0. The Morgan fingerprint density at radius 3 is 2.40 bits per heavy atom. The van der Waals surface area contributed by atoms with Crippen LogP contribution < -0.4 is 11.1 Å². The van der Waals surface area contributed by atoms with Crippen LogP contribution in [0.1, 0.15) is 44.6 Å². The number of amides is 2. The Labute approximate surface area is 156 Å². The Morgan fingerprint density at radius 1 is 1.16 bits per heavy atom. The smallest absolute Gasteiger partial charge is 0.226 e. The van der Waals surface area contributed by atoms with Crippen molar-refractivity contribution in [2.45, 2.75) is 45.4 Å². The van der Waals surface area contributed by atoms with E-state index in [1.165, 1.54) is 0 Å². The fourth-order valence-electron chi connectivity index (χ4n) is 3.04. The highest BCUT2D eigenvalue weighted by Gasteiger charge is 2.26. The topological polar surface area (TPSA) is 75.4 Å². The van der Waals surface area contributed by atoms with Crippen molar-refractivity contribution in [3.05, 3.63) is 29.8 Å². The molecule has 0 spiro atoms. The van der Waals surface area contributed by atoms with Crippen LogP contribution in [-0.2, 0) is 16.0 Å². The third-order valence-corrected chi connectivity index (χ3v) is 4.63. The zero-order valence-corrected chi connectivity index (χ0v) is 15.8. The average Bonchev–Trinajstić information content (AvgIpc) is 2.60. The van der Waals surface area contributed by atoms with Gasteiger partial charge in [0.05, 0.1) is 6.42 Å². The van der Waals surface area contributed by atoms with Gasteiger partial charge in [0, 0.05) is 31.2 Å². The number of nitrogens with two attached hydrogens (primary N) is 1. The molecule has 6 heteroatoms. The van der Waals surface area contributed by atoms with Gasteiger partial charge in [-0.1, -0.05) is 31.9 Å². The number of hydrogen-bond acceptors (Lipinski definition) is 3. The molecule has 1 aromatic rings. The number of likely N-dealkylation sites (tertiary alicyclic amines) is 1. The maximum atomic E-state index is 12.4. The van der Waals surface area contributed by atoms with Crippen LogP contribution in [0.15, 0.2) is 24.3 Å². The van der Waals surface area contributed by atoms with Gasteiger partial charge in [-0.05, 0) is 37.0 Å². The van der Waals surface area contributed by atoms with E-state index in [1.807, 2.05) is 29.2 Å². The molecule has 25 heavy (non-hydrogen) atoms. The monoisotopic (exact) mass is 367 g/mol. The Morgan fingerprint density at radius 2 is 1.80 bits per heavy atom. The molecule has 0 aromatic heterocycles. The molecule has 1 aliphatic rings. The molecular formula is C19H30ClN3O2. The summed E-state index contributed by atoms with van der Waals surface area (Å²) in [7, 11) is 0. The highest BCUT2D eigenvalue weighted by molar-refractivity contribution is 5.85. The average molecular weight is 368 g/mol. The molecule has 0 radical (unpaired) electrons. The summed E-state index contributed by atoms with van der Waals surface area (Å²) in [6, 6.07) is 7.42. The van der Waals surface area contributed by atoms with Gasteiger partial charge in [0.1, 0.15) is 0 Å². The first-order valence-electron chi connectivity index (χ1n) is 9.00. The molecule has 1 saturated heterocycles. The van der Waals surface area contributed by atoms with E-state index in [0.717, 1.165) is 44.2 Å². The van der Waals surface area contributed by atoms with Crippen molar-refractivity contribution in [2.75, 3.05) is 25.4 Å². The van der Waals surface area contributed by atoms with E-state index < -0.39 is 0 Å².